The van der Waals surface area contributed by atoms with Crippen LogP contribution in [0.15, 0.2) is 133 Å². The molecule has 5 aromatic rings. The number of alkyl halides is 3. The van der Waals surface area contributed by atoms with Crippen molar-refractivity contribution in [1.82, 2.24) is 4.90 Å². The summed E-state index contributed by atoms with van der Waals surface area (Å²) in [5, 5.41) is 2.59. The fraction of sp³-hybridized carbons (Fsp3) is 0.184. The minimum Gasteiger partial charge on any atom is -0.494 e. The summed E-state index contributed by atoms with van der Waals surface area (Å²) in [4.78, 5) is 14.9. The van der Waals surface area contributed by atoms with E-state index < -0.39 is 11.7 Å². The molecule has 0 saturated heterocycles. The Bertz CT molecular complexity index is 1660. The first-order valence-corrected chi connectivity index (χ1v) is 15.4. The first-order valence-electron chi connectivity index (χ1n) is 15.0. The molecule has 0 spiro atoms. The van der Waals surface area contributed by atoms with Gasteiger partial charge in [0.05, 0.1) is 17.2 Å². The van der Waals surface area contributed by atoms with Gasteiger partial charge >= 0.3 is 6.18 Å². The first kappa shape index (κ1) is 32.8. The van der Waals surface area contributed by atoms with Gasteiger partial charge in [-0.3, -0.25) is 9.69 Å². The number of rotatable bonds is 13. The Morgan fingerprint density at radius 1 is 0.783 bits per heavy atom. The highest BCUT2D eigenvalue weighted by Crippen LogP contribution is 2.37. The Morgan fingerprint density at radius 3 is 2.02 bits per heavy atom. The molecule has 0 aliphatic heterocycles. The summed E-state index contributed by atoms with van der Waals surface area (Å²) in [6, 6.07) is 40.4. The van der Waals surface area contributed by atoms with Crippen molar-refractivity contribution in [2.45, 2.75) is 25.1 Å². The van der Waals surface area contributed by atoms with Crippen LogP contribution in [0.1, 0.15) is 45.0 Å². The van der Waals surface area contributed by atoms with Gasteiger partial charge in [-0.25, -0.2) is 0 Å². The van der Waals surface area contributed by atoms with E-state index in [0.717, 1.165) is 17.2 Å². The van der Waals surface area contributed by atoms with Crippen LogP contribution in [0.25, 0.3) is 0 Å². The Hall–Kier alpha value is -4.59. The van der Waals surface area contributed by atoms with Gasteiger partial charge in [0.2, 0.25) is 0 Å². The molecule has 0 aliphatic carbocycles. The van der Waals surface area contributed by atoms with E-state index in [9.17, 15) is 18.0 Å². The fourth-order valence-corrected chi connectivity index (χ4v) is 5.65. The average Bonchev–Trinajstić information content (AvgIpc) is 3.07. The smallest absolute Gasteiger partial charge is 0.417 e. The van der Waals surface area contributed by atoms with Gasteiger partial charge in [-0.1, -0.05) is 109 Å². The highest BCUT2D eigenvalue weighted by molar-refractivity contribution is 6.32. The predicted octanol–water partition coefficient (Wildman–Crippen LogP) is 9.71. The third-order valence-electron chi connectivity index (χ3n) is 7.64. The molecule has 0 fully saturated rings. The molecule has 1 amide bonds. The summed E-state index contributed by atoms with van der Waals surface area (Å²) < 4.78 is 47.1. The average molecular weight is 643 g/mol. The standard InChI is InChI=1S/C38H34ClF3N2O2/c39-36-31(18-11-22-35(36)38(40,41)42)26-44(27-34(28-13-4-1-5-14-28)29-15-6-2-7-16-29)23-12-24-46-33-21-10-17-30(25-33)37(45)43-32-19-8-3-9-20-32/h1-11,13-22,25,34H,12,23-24,26-27H2,(H,43,45). The molecule has 5 rings (SSSR count). The zero-order chi connectivity index (χ0) is 32.4. The summed E-state index contributed by atoms with van der Waals surface area (Å²) in [6.07, 6.45) is -3.96. The number of carbonyl (C=O) groups excluding carboxylic acids is 1. The minimum absolute atomic E-state index is 0.0206. The molecular weight excluding hydrogens is 609 g/mol. The highest BCUT2D eigenvalue weighted by atomic mass is 35.5. The number of hydrogen-bond acceptors (Lipinski definition) is 3. The third-order valence-corrected chi connectivity index (χ3v) is 8.08. The Labute approximate surface area is 272 Å². The summed E-state index contributed by atoms with van der Waals surface area (Å²) in [5.41, 5.74) is 2.95. The van der Waals surface area contributed by atoms with Crippen molar-refractivity contribution in [3.63, 3.8) is 0 Å². The Kier molecular flexibility index (Phi) is 11.1. The van der Waals surface area contributed by atoms with Crippen molar-refractivity contribution < 1.29 is 22.7 Å². The number of nitrogens with one attached hydrogen (secondary N) is 1. The molecule has 8 heteroatoms. The van der Waals surface area contributed by atoms with Gasteiger partial charge in [-0.15, -0.1) is 0 Å². The van der Waals surface area contributed by atoms with Crippen molar-refractivity contribution >= 4 is 23.2 Å². The lowest BCUT2D eigenvalue weighted by Crippen LogP contribution is -2.31. The van der Waals surface area contributed by atoms with E-state index in [1.165, 1.54) is 6.07 Å². The number of amides is 1. The maximum atomic E-state index is 13.7. The number of hydrogen-bond donors (Lipinski definition) is 1. The number of carbonyl (C=O) groups is 1. The van der Waals surface area contributed by atoms with Gasteiger partial charge in [0.1, 0.15) is 5.75 Å². The highest BCUT2D eigenvalue weighted by Gasteiger charge is 2.34. The zero-order valence-corrected chi connectivity index (χ0v) is 25.8. The van der Waals surface area contributed by atoms with Gasteiger partial charge in [0, 0.05) is 36.8 Å². The van der Waals surface area contributed by atoms with Crippen LogP contribution in [-0.4, -0.2) is 30.5 Å². The lowest BCUT2D eigenvalue weighted by molar-refractivity contribution is -0.137. The second-order valence-corrected chi connectivity index (χ2v) is 11.3. The van der Waals surface area contributed by atoms with E-state index >= 15 is 0 Å². The van der Waals surface area contributed by atoms with Crippen molar-refractivity contribution in [3.05, 3.63) is 166 Å². The van der Waals surface area contributed by atoms with Crippen molar-refractivity contribution in [2.75, 3.05) is 25.0 Å². The molecular formula is C38H34ClF3N2O2. The van der Waals surface area contributed by atoms with Crippen LogP contribution in [0.2, 0.25) is 5.02 Å². The number of anilines is 1. The van der Waals surface area contributed by atoms with E-state index in [4.69, 9.17) is 16.3 Å². The first-order chi connectivity index (χ1) is 22.3. The molecule has 236 valence electrons. The number of para-hydroxylation sites is 1. The number of halogens is 4. The fourth-order valence-electron chi connectivity index (χ4n) is 5.36. The van der Waals surface area contributed by atoms with Gasteiger partial charge in [-0.05, 0) is 59.5 Å². The minimum atomic E-state index is -4.55. The molecule has 0 saturated carbocycles. The Morgan fingerprint density at radius 2 is 1.39 bits per heavy atom. The van der Waals surface area contributed by atoms with E-state index in [2.05, 4.69) is 34.5 Å². The monoisotopic (exact) mass is 642 g/mol. The lowest BCUT2D eigenvalue weighted by Gasteiger charge is -2.29. The maximum Gasteiger partial charge on any atom is 0.417 e. The second kappa shape index (κ2) is 15.6. The van der Waals surface area contributed by atoms with Gasteiger partial charge < -0.3 is 10.1 Å². The number of benzene rings is 5. The van der Waals surface area contributed by atoms with Gasteiger partial charge in [-0.2, -0.15) is 13.2 Å². The molecule has 46 heavy (non-hydrogen) atoms. The normalized spacial score (nSPS) is 11.5. The van der Waals surface area contributed by atoms with Crippen molar-refractivity contribution in [3.8, 4) is 5.75 Å². The summed E-state index contributed by atoms with van der Waals surface area (Å²) >= 11 is 6.34. The van der Waals surface area contributed by atoms with Gasteiger partial charge in [0.15, 0.2) is 0 Å². The van der Waals surface area contributed by atoms with Crippen LogP contribution in [0, 0.1) is 0 Å². The van der Waals surface area contributed by atoms with Crippen LogP contribution in [-0.2, 0) is 12.7 Å². The van der Waals surface area contributed by atoms with Crippen molar-refractivity contribution in [2.24, 2.45) is 0 Å². The second-order valence-electron chi connectivity index (χ2n) is 10.9. The summed E-state index contributed by atoms with van der Waals surface area (Å²) in [6.45, 7) is 1.67. The number of ether oxygens (including phenoxy) is 1. The molecule has 1 N–H and O–H groups in total. The van der Waals surface area contributed by atoms with E-state index in [1.807, 2.05) is 66.7 Å². The van der Waals surface area contributed by atoms with Crippen molar-refractivity contribution in [1.29, 1.82) is 0 Å². The topological polar surface area (TPSA) is 41.6 Å². The molecule has 5 aromatic carbocycles. The molecule has 0 aliphatic rings. The zero-order valence-electron chi connectivity index (χ0n) is 25.1. The van der Waals surface area contributed by atoms with Gasteiger partial charge in [0.25, 0.3) is 5.91 Å². The lowest BCUT2D eigenvalue weighted by atomic mass is 9.90. The molecule has 0 aromatic heterocycles. The largest absolute Gasteiger partial charge is 0.494 e. The van der Waals surface area contributed by atoms with E-state index in [1.54, 1.807) is 30.3 Å². The summed E-state index contributed by atoms with van der Waals surface area (Å²) in [5.74, 6) is 0.293. The third kappa shape index (κ3) is 8.99. The SMILES string of the molecule is O=C(Nc1ccccc1)c1cccc(OCCCN(Cc2cccc(C(F)(F)F)c2Cl)CC(c2ccccc2)c2ccccc2)c1. The molecule has 0 unspecified atom stereocenters. The Balaban J connectivity index is 1.31. The van der Waals surface area contributed by atoms with Crippen LogP contribution in [0.3, 0.4) is 0 Å². The molecule has 0 bridgehead atoms. The maximum absolute atomic E-state index is 13.7. The molecule has 0 atom stereocenters. The molecule has 0 radical (unpaired) electrons. The van der Waals surface area contributed by atoms with Crippen LogP contribution in [0.5, 0.6) is 5.75 Å². The van der Waals surface area contributed by atoms with Crippen LogP contribution < -0.4 is 10.1 Å². The predicted molar refractivity (Wildman–Crippen MR) is 177 cm³/mol. The van der Waals surface area contributed by atoms with Crippen LogP contribution >= 0.6 is 11.6 Å². The quantitative estimate of drug-likeness (QED) is 0.130. The van der Waals surface area contributed by atoms with E-state index in [-0.39, 0.29) is 23.4 Å². The van der Waals surface area contributed by atoms with Crippen LogP contribution in [0.4, 0.5) is 18.9 Å². The van der Waals surface area contributed by atoms with E-state index in [0.29, 0.717) is 48.7 Å². The number of nitrogens with zero attached hydrogens (tertiary/aromatic N) is 1. The molecule has 4 nitrogen and oxygen atoms in total. The molecule has 0 heterocycles. The summed E-state index contributed by atoms with van der Waals surface area (Å²) in [7, 11) is 0.